The predicted octanol–water partition coefficient (Wildman–Crippen LogP) is 2.96. The van der Waals surface area contributed by atoms with Crippen molar-refractivity contribution in [3.63, 3.8) is 0 Å². The maximum atomic E-state index is 6.09. The van der Waals surface area contributed by atoms with Crippen LogP contribution in [-0.2, 0) is 11.3 Å². The summed E-state index contributed by atoms with van der Waals surface area (Å²) in [4.78, 5) is 0. The highest BCUT2D eigenvalue weighted by Gasteiger charge is 2.41. The lowest BCUT2D eigenvalue weighted by molar-refractivity contribution is -0.228. The Bertz CT molecular complexity index is 445. The molecule has 98 valence electrons. The van der Waals surface area contributed by atoms with Crippen LogP contribution in [0, 0.1) is 5.92 Å². The Balaban J connectivity index is 1.82. The first-order valence-corrected chi connectivity index (χ1v) is 6.87. The molecule has 0 aromatic heterocycles. The van der Waals surface area contributed by atoms with E-state index in [1.54, 1.807) is 0 Å². The van der Waals surface area contributed by atoms with Gasteiger partial charge in [0.15, 0.2) is 0 Å². The largest absolute Gasteiger partial charge is 0.462 e. The van der Waals surface area contributed by atoms with E-state index in [-0.39, 0.29) is 0 Å². The van der Waals surface area contributed by atoms with Gasteiger partial charge in [-0.15, -0.1) is 0 Å². The lowest BCUT2D eigenvalue weighted by Gasteiger charge is -2.42. The zero-order valence-electron chi connectivity index (χ0n) is 10.5. The van der Waals surface area contributed by atoms with Crippen molar-refractivity contribution >= 4 is 11.6 Å². The number of benzene rings is 1. The van der Waals surface area contributed by atoms with Crippen molar-refractivity contribution < 1.29 is 9.47 Å². The molecule has 2 atom stereocenters. The lowest BCUT2D eigenvalue weighted by Crippen LogP contribution is -2.51. The van der Waals surface area contributed by atoms with Gasteiger partial charge < -0.3 is 14.8 Å². The summed E-state index contributed by atoms with van der Waals surface area (Å²) in [6.07, 6.45) is 2.33. The molecule has 2 aliphatic rings. The van der Waals surface area contributed by atoms with Gasteiger partial charge in [0, 0.05) is 30.0 Å². The molecule has 0 saturated carbocycles. The molecule has 4 heteroatoms. The molecular formula is C14H18ClNO2. The Labute approximate surface area is 112 Å². The molecule has 1 aromatic carbocycles. The van der Waals surface area contributed by atoms with E-state index in [4.69, 9.17) is 21.1 Å². The van der Waals surface area contributed by atoms with Gasteiger partial charge in [0.2, 0.25) is 5.79 Å². The molecular weight excluding hydrogens is 250 g/mol. The van der Waals surface area contributed by atoms with Crippen LogP contribution < -0.4 is 10.1 Å². The Kier molecular flexibility index (Phi) is 3.22. The monoisotopic (exact) mass is 267 g/mol. The molecule has 1 N–H and O–H groups in total. The highest BCUT2D eigenvalue weighted by Crippen LogP contribution is 2.38. The van der Waals surface area contributed by atoms with E-state index in [2.05, 4.69) is 5.32 Å². The summed E-state index contributed by atoms with van der Waals surface area (Å²) in [6.45, 7) is 4.67. The van der Waals surface area contributed by atoms with Crippen LogP contribution in [0.25, 0.3) is 0 Å². The molecule has 0 spiro atoms. The average molecular weight is 268 g/mol. The van der Waals surface area contributed by atoms with E-state index in [1.165, 1.54) is 6.42 Å². The Morgan fingerprint density at radius 1 is 1.44 bits per heavy atom. The SMILES string of the molecule is CC1(C2CCCNC2)OCc2cc(Cl)ccc2O1. The second-order valence-electron chi connectivity index (χ2n) is 5.20. The number of rotatable bonds is 1. The van der Waals surface area contributed by atoms with Gasteiger partial charge in [-0.1, -0.05) is 11.6 Å². The fourth-order valence-corrected chi connectivity index (χ4v) is 2.92. The number of hydrogen-bond donors (Lipinski definition) is 1. The van der Waals surface area contributed by atoms with Crippen LogP contribution in [0.15, 0.2) is 18.2 Å². The quantitative estimate of drug-likeness (QED) is 0.849. The first kappa shape index (κ1) is 12.3. The zero-order valence-corrected chi connectivity index (χ0v) is 11.3. The molecule has 1 fully saturated rings. The van der Waals surface area contributed by atoms with Crippen LogP contribution in [0.1, 0.15) is 25.3 Å². The molecule has 0 radical (unpaired) electrons. The summed E-state index contributed by atoms with van der Waals surface area (Å²) in [7, 11) is 0. The molecule has 1 aromatic rings. The van der Waals surface area contributed by atoms with Crippen LogP contribution in [0.3, 0.4) is 0 Å². The van der Waals surface area contributed by atoms with Crippen molar-refractivity contribution in [2.45, 2.75) is 32.2 Å². The van der Waals surface area contributed by atoms with Crippen molar-refractivity contribution in [2.75, 3.05) is 13.1 Å². The molecule has 0 bridgehead atoms. The summed E-state index contributed by atoms with van der Waals surface area (Å²) in [5, 5.41) is 4.14. The standard InChI is InChI=1S/C14H18ClNO2/c1-14(11-3-2-6-16-8-11)17-9-10-7-12(15)4-5-13(10)18-14/h4-5,7,11,16H,2-3,6,8-9H2,1H3. The summed E-state index contributed by atoms with van der Waals surface area (Å²) >= 11 is 5.98. The van der Waals surface area contributed by atoms with Crippen molar-refractivity contribution in [2.24, 2.45) is 5.92 Å². The van der Waals surface area contributed by atoms with Crippen LogP contribution >= 0.6 is 11.6 Å². The average Bonchev–Trinajstić information content (AvgIpc) is 2.40. The summed E-state index contributed by atoms with van der Waals surface area (Å²) in [6, 6.07) is 5.72. The fourth-order valence-electron chi connectivity index (χ4n) is 2.73. The van der Waals surface area contributed by atoms with E-state index in [0.717, 1.165) is 35.8 Å². The minimum Gasteiger partial charge on any atom is -0.462 e. The number of hydrogen-bond acceptors (Lipinski definition) is 3. The summed E-state index contributed by atoms with van der Waals surface area (Å²) < 4.78 is 12.1. The van der Waals surface area contributed by atoms with Crippen molar-refractivity contribution in [1.29, 1.82) is 0 Å². The molecule has 0 amide bonds. The molecule has 2 aliphatic heterocycles. The maximum Gasteiger partial charge on any atom is 0.212 e. The minimum atomic E-state index is -0.520. The first-order valence-electron chi connectivity index (χ1n) is 6.49. The first-order chi connectivity index (χ1) is 8.67. The van der Waals surface area contributed by atoms with Crippen molar-refractivity contribution in [3.8, 4) is 5.75 Å². The Hall–Kier alpha value is -0.770. The fraction of sp³-hybridized carbons (Fsp3) is 0.571. The smallest absolute Gasteiger partial charge is 0.212 e. The molecule has 3 nitrogen and oxygen atoms in total. The van der Waals surface area contributed by atoms with E-state index >= 15 is 0 Å². The second-order valence-corrected chi connectivity index (χ2v) is 5.64. The van der Waals surface area contributed by atoms with E-state index in [9.17, 15) is 0 Å². The van der Waals surface area contributed by atoms with Gasteiger partial charge in [-0.2, -0.15) is 0 Å². The third kappa shape index (κ3) is 2.22. The third-order valence-electron chi connectivity index (χ3n) is 3.89. The topological polar surface area (TPSA) is 30.5 Å². The molecule has 2 unspecified atom stereocenters. The van der Waals surface area contributed by atoms with Gasteiger partial charge in [-0.3, -0.25) is 0 Å². The van der Waals surface area contributed by atoms with Gasteiger partial charge in [0.1, 0.15) is 5.75 Å². The van der Waals surface area contributed by atoms with E-state index < -0.39 is 5.79 Å². The van der Waals surface area contributed by atoms with Gasteiger partial charge in [-0.25, -0.2) is 0 Å². The Morgan fingerprint density at radius 3 is 3.11 bits per heavy atom. The molecule has 3 rings (SSSR count). The van der Waals surface area contributed by atoms with Gasteiger partial charge in [0.25, 0.3) is 0 Å². The van der Waals surface area contributed by atoms with Crippen LogP contribution in [0.5, 0.6) is 5.75 Å². The summed E-state index contributed by atoms with van der Waals surface area (Å²) in [5.41, 5.74) is 1.03. The third-order valence-corrected chi connectivity index (χ3v) is 4.12. The minimum absolute atomic E-state index is 0.398. The van der Waals surface area contributed by atoms with E-state index in [1.807, 2.05) is 25.1 Å². The second kappa shape index (κ2) is 4.72. The molecule has 1 saturated heterocycles. The van der Waals surface area contributed by atoms with Crippen LogP contribution in [0.4, 0.5) is 0 Å². The molecule has 2 heterocycles. The number of ether oxygens (including phenoxy) is 2. The van der Waals surface area contributed by atoms with Gasteiger partial charge in [0.05, 0.1) is 6.61 Å². The van der Waals surface area contributed by atoms with Gasteiger partial charge in [-0.05, 0) is 37.6 Å². The molecule has 18 heavy (non-hydrogen) atoms. The van der Waals surface area contributed by atoms with Gasteiger partial charge >= 0.3 is 0 Å². The van der Waals surface area contributed by atoms with E-state index in [0.29, 0.717) is 12.5 Å². The number of piperidine rings is 1. The maximum absolute atomic E-state index is 6.09. The number of nitrogens with one attached hydrogen (secondary N) is 1. The predicted molar refractivity (Wildman–Crippen MR) is 70.9 cm³/mol. The highest BCUT2D eigenvalue weighted by molar-refractivity contribution is 6.30. The Morgan fingerprint density at radius 2 is 2.33 bits per heavy atom. The van der Waals surface area contributed by atoms with Crippen LogP contribution in [0.2, 0.25) is 5.02 Å². The number of halogens is 1. The highest BCUT2D eigenvalue weighted by atomic mass is 35.5. The zero-order chi connectivity index (χ0) is 12.6. The van der Waals surface area contributed by atoms with Crippen LogP contribution in [-0.4, -0.2) is 18.9 Å². The molecule has 0 aliphatic carbocycles. The number of fused-ring (bicyclic) bond motifs is 1. The van der Waals surface area contributed by atoms with Crippen molar-refractivity contribution in [1.82, 2.24) is 5.32 Å². The lowest BCUT2D eigenvalue weighted by atomic mass is 9.91. The van der Waals surface area contributed by atoms with Crippen molar-refractivity contribution in [3.05, 3.63) is 28.8 Å². The summed E-state index contributed by atoms with van der Waals surface area (Å²) in [5.74, 6) is 0.780. The normalized spacial score (nSPS) is 31.6.